The highest BCUT2D eigenvalue weighted by Crippen LogP contribution is 2.39. The third-order valence-electron chi connectivity index (χ3n) is 5.76. The van der Waals surface area contributed by atoms with Crippen molar-refractivity contribution in [3.63, 3.8) is 0 Å². The Balaban J connectivity index is 1.57. The Labute approximate surface area is 161 Å². The van der Waals surface area contributed by atoms with Gasteiger partial charge in [-0.3, -0.25) is 19.3 Å². The predicted octanol–water partition coefficient (Wildman–Crippen LogP) is 2.51. The van der Waals surface area contributed by atoms with Gasteiger partial charge in [0.2, 0.25) is 11.8 Å². The molecule has 0 saturated carbocycles. The summed E-state index contributed by atoms with van der Waals surface area (Å²) >= 11 is 0. The maximum Gasteiger partial charge on any atom is 0.234 e. The highest BCUT2D eigenvalue weighted by atomic mass is 16.3. The molecule has 2 amide bonds. The monoisotopic (exact) mass is 374 g/mol. The lowest BCUT2D eigenvalue weighted by atomic mass is 10.00. The number of rotatable bonds is 2. The number of anilines is 1. The minimum Gasteiger partial charge on any atom is -0.456 e. The van der Waals surface area contributed by atoms with Gasteiger partial charge in [-0.25, -0.2) is 0 Å². The second-order valence-electron chi connectivity index (χ2n) is 7.34. The molecule has 5 rings (SSSR count). The first-order valence-corrected chi connectivity index (χ1v) is 9.23. The van der Waals surface area contributed by atoms with Crippen LogP contribution in [-0.4, -0.2) is 36.9 Å². The Kier molecular flexibility index (Phi) is 3.62. The molecule has 0 aliphatic carbocycles. The molecular formula is C22H18N2O4. The number of nitrogens with zero attached hydrogens (tertiary/aromatic N) is 2. The number of amides is 2. The molecule has 3 heterocycles. The van der Waals surface area contributed by atoms with Crippen molar-refractivity contribution in [2.45, 2.75) is 0 Å². The molecule has 0 bridgehead atoms. The van der Waals surface area contributed by atoms with E-state index in [1.807, 2.05) is 35.2 Å². The number of hydrogen-bond acceptors (Lipinski definition) is 5. The summed E-state index contributed by atoms with van der Waals surface area (Å²) in [5.41, 5.74) is 2.07. The second-order valence-corrected chi connectivity index (χ2v) is 7.34. The van der Waals surface area contributed by atoms with Crippen molar-refractivity contribution in [1.82, 2.24) is 4.90 Å². The Morgan fingerprint density at radius 2 is 1.54 bits per heavy atom. The molecule has 0 radical (unpaired) electrons. The van der Waals surface area contributed by atoms with E-state index in [0.29, 0.717) is 29.8 Å². The van der Waals surface area contributed by atoms with Crippen LogP contribution < -0.4 is 10.3 Å². The summed E-state index contributed by atoms with van der Waals surface area (Å²) < 4.78 is 6.01. The van der Waals surface area contributed by atoms with E-state index in [4.69, 9.17) is 4.42 Å². The molecule has 0 N–H and O–H groups in total. The van der Waals surface area contributed by atoms with E-state index in [2.05, 4.69) is 0 Å². The van der Waals surface area contributed by atoms with E-state index in [1.165, 1.54) is 11.0 Å². The van der Waals surface area contributed by atoms with Gasteiger partial charge in [-0.15, -0.1) is 0 Å². The molecule has 2 atom stereocenters. The van der Waals surface area contributed by atoms with Crippen LogP contribution in [-0.2, 0) is 9.59 Å². The number of imide groups is 1. The van der Waals surface area contributed by atoms with Crippen molar-refractivity contribution in [2.24, 2.45) is 11.8 Å². The molecule has 6 nitrogen and oxygen atoms in total. The minimum atomic E-state index is -0.311. The molecule has 1 aromatic heterocycles. The average Bonchev–Trinajstić information content (AvgIpc) is 3.24. The summed E-state index contributed by atoms with van der Waals surface area (Å²) in [5, 5.41) is 0.540. The summed E-state index contributed by atoms with van der Waals surface area (Å²) in [6.07, 6.45) is 0. The summed E-state index contributed by atoms with van der Waals surface area (Å²) in [6, 6.07) is 16.3. The highest BCUT2D eigenvalue weighted by Gasteiger charge is 2.51. The summed E-state index contributed by atoms with van der Waals surface area (Å²) in [7, 11) is 1.55. The number of para-hydroxylation sites is 2. The average molecular weight is 374 g/mol. The van der Waals surface area contributed by atoms with Crippen LogP contribution in [0.5, 0.6) is 0 Å². The third kappa shape index (κ3) is 2.37. The normalized spacial score (nSPS) is 21.6. The number of benzene rings is 2. The van der Waals surface area contributed by atoms with Gasteiger partial charge < -0.3 is 9.32 Å². The largest absolute Gasteiger partial charge is 0.456 e. The van der Waals surface area contributed by atoms with Gasteiger partial charge in [-0.2, -0.15) is 0 Å². The van der Waals surface area contributed by atoms with Crippen LogP contribution in [0.15, 0.2) is 63.8 Å². The Bertz CT molecular complexity index is 1160. The highest BCUT2D eigenvalue weighted by molar-refractivity contribution is 6.06. The van der Waals surface area contributed by atoms with Crippen LogP contribution in [0.1, 0.15) is 0 Å². The van der Waals surface area contributed by atoms with Gasteiger partial charge in [0.25, 0.3) is 0 Å². The van der Waals surface area contributed by atoms with Gasteiger partial charge in [-0.05, 0) is 24.3 Å². The van der Waals surface area contributed by atoms with E-state index in [9.17, 15) is 14.4 Å². The lowest BCUT2D eigenvalue weighted by Crippen LogP contribution is -2.33. The Morgan fingerprint density at radius 1 is 0.893 bits per heavy atom. The molecule has 2 saturated heterocycles. The lowest BCUT2D eigenvalue weighted by Gasteiger charge is -2.23. The predicted molar refractivity (Wildman–Crippen MR) is 105 cm³/mol. The van der Waals surface area contributed by atoms with E-state index >= 15 is 0 Å². The van der Waals surface area contributed by atoms with Gasteiger partial charge in [0, 0.05) is 37.5 Å². The van der Waals surface area contributed by atoms with Gasteiger partial charge in [0.1, 0.15) is 11.3 Å². The number of likely N-dealkylation sites (tertiary alicyclic amines) is 1. The van der Waals surface area contributed by atoms with Crippen molar-refractivity contribution in [3.8, 4) is 11.3 Å². The van der Waals surface area contributed by atoms with Crippen LogP contribution in [0.4, 0.5) is 5.69 Å². The zero-order chi connectivity index (χ0) is 19.4. The first-order chi connectivity index (χ1) is 13.5. The molecule has 2 aliphatic heterocycles. The molecule has 6 heteroatoms. The number of fused-ring (bicyclic) bond motifs is 2. The van der Waals surface area contributed by atoms with E-state index in [-0.39, 0.29) is 29.1 Å². The molecule has 28 heavy (non-hydrogen) atoms. The van der Waals surface area contributed by atoms with Gasteiger partial charge in [-0.1, -0.05) is 24.3 Å². The van der Waals surface area contributed by atoms with Crippen molar-refractivity contribution < 1.29 is 14.0 Å². The zero-order valence-corrected chi connectivity index (χ0v) is 15.3. The summed E-state index contributed by atoms with van der Waals surface area (Å²) in [6.45, 7) is 0.961. The molecule has 2 aliphatic rings. The molecular weight excluding hydrogens is 356 g/mol. The lowest BCUT2D eigenvalue weighted by molar-refractivity contribution is -0.138. The topological polar surface area (TPSA) is 70.8 Å². The fourth-order valence-electron chi connectivity index (χ4n) is 4.30. The van der Waals surface area contributed by atoms with Crippen LogP contribution >= 0.6 is 0 Å². The molecule has 140 valence electrons. The Morgan fingerprint density at radius 3 is 2.29 bits per heavy atom. The number of carbonyl (C=O) groups is 2. The molecule has 0 spiro atoms. The zero-order valence-electron chi connectivity index (χ0n) is 15.3. The van der Waals surface area contributed by atoms with Crippen LogP contribution in [0.25, 0.3) is 22.3 Å². The van der Waals surface area contributed by atoms with Crippen LogP contribution in [0.3, 0.4) is 0 Å². The first-order valence-electron chi connectivity index (χ1n) is 9.23. The molecule has 3 aromatic rings. The number of carbonyl (C=O) groups excluding carboxylic acids is 2. The van der Waals surface area contributed by atoms with E-state index in [1.54, 1.807) is 25.2 Å². The van der Waals surface area contributed by atoms with Gasteiger partial charge in [0.05, 0.1) is 17.2 Å². The molecule has 0 unspecified atom stereocenters. The number of hydrogen-bond donors (Lipinski definition) is 0. The van der Waals surface area contributed by atoms with Crippen molar-refractivity contribution in [3.05, 3.63) is 64.8 Å². The SMILES string of the molecule is CN1C(=O)[C@H]2CN(c3ccccc3-c3cc(=O)c4ccccc4o3)C[C@H]2C1=O. The standard InChI is InChI=1S/C22H18N2O4/c1-23-21(26)15-11-24(12-16(15)22(23)27)17-8-4-2-6-13(17)20-10-18(25)14-7-3-5-9-19(14)28-20/h2-10,15-16H,11-12H2,1H3/t15-,16+. The maximum absolute atomic E-state index is 12.5. The quantitative estimate of drug-likeness (QED) is 0.645. The fourth-order valence-corrected chi connectivity index (χ4v) is 4.30. The fraction of sp³-hybridized carbons (Fsp3) is 0.227. The first kappa shape index (κ1) is 16.7. The second kappa shape index (κ2) is 6.05. The van der Waals surface area contributed by atoms with E-state index < -0.39 is 0 Å². The van der Waals surface area contributed by atoms with Crippen molar-refractivity contribution in [1.29, 1.82) is 0 Å². The maximum atomic E-state index is 12.5. The van der Waals surface area contributed by atoms with Gasteiger partial charge >= 0.3 is 0 Å². The van der Waals surface area contributed by atoms with Crippen LogP contribution in [0, 0.1) is 11.8 Å². The third-order valence-corrected chi connectivity index (χ3v) is 5.76. The summed E-state index contributed by atoms with van der Waals surface area (Å²) in [5.74, 6) is -0.381. The summed E-state index contributed by atoms with van der Waals surface area (Å²) in [4.78, 5) is 40.5. The van der Waals surface area contributed by atoms with Crippen molar-refractivity contribution in [2.75, 3.05) is 25.0 Å². The van der Waals surface area contributed by atoms with Gasteiger partial charge in [0.15, 0.2) is 5.43 Å². The van der Waals surface area contributed by atoms with E-state index in [0.717, 1.165) is 11.3 Å². The Hall–Kier alpha value is -3.41. The minimum absolute atomic E-state index is 0.100. The molecule has 2 fully saturated rings. The van der Waals surface area contributed by atoms with Crippen LogP contribution in [0.2, 0.25) is 0 Å². The molecule has 2 aromatic carbocycles. The smallest absolute Gasteiger partial charge is 0.234 e. The van der Waals surface area contributed by atoms with Crippen molar-refractivity contribution >= 4 is 28.5 Å².